The van der Waals surface area contributed by atoms with E-state index in [9.17, 15) is 19.2 Å². The number of aromatic nitrogens is 1. The molecule has 10 heteroatoms. The van der Waals surface area contributed by atoms with Gasteiger partial charge in [0.2, 0.25) is 5.91 Å². The maximum Gasteiger partial charge on any atom is 0.271 e. The Balaban J connectivity index is 1.42. The second-order valence-electron chi connectivity index (χ2n) is 6.11. The topological polar surface area (TPSA) is 121 Å². The van der Waals surface area contributed by atoms with Crippen LogP contribution in [0.15, 0.2) is 48.0 Å². The quantitative estimate of drug-likeness (QED) is 0.441. The Morgan fingerprint density at radius 2 is 1.66 bits per heavy atom. The Kier molecular flexibility index (Phi) is 6.25. The summed E-state index contributed by atoms with van der Waals surface area (Å²) in [5.41, 5.74) is 5.88. The normalized spacial score (nSPS) is 10.4. The molecular formula is C19H19N5O4S. The lowest BCUT2D eigenvalue weighted by Gasteiger charge is -2.08. The van der Waals surface area contributed by atoms with Crippen LogP contribution in [0.2, 0.25) is 0 Å². The molecule has 0 unspecified atom stereocenters. The van der Waals surface area contributed by atoms with Crippen LogP contribution in [-0.2, 0) is 16.6 Å². The number of aryl methyl sites for hydroxylation is 1. The van der Waals surface area contributed by atoms with Crippen LogP contribution in [0.1, 0.15) is 20.0 Å². The zero-order valence-corrected chi connectivity index (χ0v) is 16.3. The molecule has 0 radical (unpaired) electrons. The fraction of sp³-hybridized carbons (Fsp3) is 0.158. The van der Waals surface area contributed by atoms with E-state index in [1.54, 1.807) is 23.7 Å². The number of para-hydroxylation sites is 1. The number of fused-ring (bicyclic) bond motifs is 1. The molecule has 0 aliphatic heterocycles. The molecule has 0 bridgehead atoms. The summed E-state index contributed by atoms with van der Waals surface area (Å²) in [4.78, 5) is 48.2. The number of nitrogens with one attached hydrogen (secondary N) is 4. The maximum atomic E-state index is 12.3. The number of thiophene rings is 1. The van der Waals surface area contributed by atoms with Gasteiger partial charge in [0.25, 0.3) is 17.7 Å². The number of hydrazine groups is 1. The summed E-state index contributed by atoms with van der Waals surface area (Å²) in [6.45, 7) is -0.601. The summed E-state index contributed by atoms with van der Waals surface area (Å²) in [6, 6.07) is 10.8. The van der Waals surface area contributed by atoms with E-state index >= 15 is 0 Å². The summed E-state index contributed by atoms with van der Waals surface area (Å²) in [7, 11) is 1.82. The van der Waals surface area contributed by atoms with E-state index in [4.69, 9.17) is 0 Å². The van der Waals surface area contributed by atoms with Crippen molar-refractivity contribution in [2.75, 3.05) is 13.1 Å². The molecule has 2 heterocycles. The average Bonchev–Trinajstić information content (AvgIpc) is 3.37. The number of amides is 4. The predicted molar refractivity (Wildman–Crippen MR) is 108 cm³/mol. The summed E-state index contributed by atoms with van der Waals surface area (Å²) in [5, 5.41) is 7.33. The van der Waals surface area contributed by atoms with Gasteiger partial charge in [0.15, 0.2) is 0 Å². The lowest BCUT2D eigenvalue weighted by Crippen LogP contribution is -2.47. The smallest absolute Gasteiger partial charge is 0.271 e. The van der Waals surface area contributed by atoms with E-state index in [1.807, 2.05) is 35.9 Å². The fourth-order valence-electron chi connectivity index (χ4n) is 2.66. The molecule has 3 aromatic rings. The van der Waals surface area contributed by atoms with Gasteiger partial charge in [0.05, 0.1) is 23.5 Å². The molecule has 4 amide bonds. The SMILES string of the molecule is Cn1cc(C(=O)NNC(=O)CNC(=O)CNC(=O)c2cccs2)c2ccccc21. The third-order valence-electron chi connectivity index (χ3n) is 4.06. The summed E-state index contributed by atoms with van der Waals surface area (Å²) >= 11 is 1.26. The van der Waals surface area contributed by atoms with Crippen molar-refractivity contribution in [2.45, 2.75) is 0 Å². The van der Waals surface area contributed by atoms with Crippen LogP contribution in [0.4, 0.5) is 0 Å². The standard InChI is InChI=1S/C19H19N5O4S/c1-24-11-13(12-5-2-3-6-14(12)24)18(27)23-22-17(26)10-20-16(25)9-21-19(28)15-7-4-8-29-15/h2-8,11H,9-10H2,1H3,(H,20,25)(H,21,28)(H,22,26)(H,23,27). The highest BCUT2D eigenvalue weighted by atomic mass is 32.1. The number of carbonyl (C=O) groups excluding carboxylic acids is 4. The molecule has 0 saturated heterocycles. The van der Waals surface area contributed by atoms with Crippen molar-refractivity contribution in [2.24, 2.45) is 7.05 Å². The van der Waals surface area contributed by atoms with Crippen molar-refractivity contribution in [3.63, 3.8) is 0 Å². The van der Waals surface area contributed by atoms with Gasteiger partial charge in [-0.15, -0.1) is 11.3 Å². The maximum absolute atomic E-state index is 12.3. The van der Waals surface area contributed by atoms with E-state index < -0.39 is 17.7 Å². The molecule has 150 valence electrons. The van der Waals surface area contributed by atoms with Crippen molar-refractivity contribution in [1.82, 2.24) is 26.1 Å². The lowest BCUT2D eigenvalue weighted by atomic mass is 10.2. The molecule has 3 rings (SSSR count). The minimum absolute atomic E-state index is 0.258. The highest BCUT2D eigenvalue weighted by Gasteiger charge is 2.14. The third kappa shape index (κ3) is 4.99. The minimum atomic E-state index is -0.600. The van der Waals surface area contributed by atoms with Crippen molar-refractivity contribution in [3.8, 4) is 0 Å². The Bertz CT molecular complexity index is 1060. The highest BCUT2D eigenvalue weighted by Crippen LogP contribution is 2.19. The van der Waals surface area contributed by atoms with E-state index in [1.165, 1.54) is 11.3 Å². The molecule has 9 nitrogen and oxygen atoms in total. The third-order valence-corrected chi connectivity index (χ3v) is 4.93. The number of hydrogen-bond donors (Lipinski definition) is 4. The van der Waals surface area contributed by atoms with E-state index in [2.05, 4.69) is 21.5 Å². The van der Waals surface area contributed by atoms with E-state index in [0.29, 0.717) is 10.4 Å². The molecule has 29 heavy (non-hydrogen) atoms. The molecule has 0 spiro atoms. The van der Waals surface area contributed by atoms with Crippen LogP contribution in [0.25, 0.3) is 10.9 Å². The predicted octanol–water partition coefficient (Wildman–Crippen LogP) is 0.547. The molecule has 1 aromatic carbocycles. The molecule has 0 aliphatic carbocycles. The highest BCUT2D eigenvalue weighted by molar-refractivity contribution is 7.12. The average molecular weight is 413 g/mol. The molecule has 2 aromatic heterocycles. The first-order valence-corrected chi connectivity index (χ1v) is 9.55. The molecule has 0 fully saturated rings. The number of hydrogen-bond acceptors (Lipinski definition) is 5. The molecule has 4 N–H and O–H groups in total. The van der Waals surface area contributed by atoms with Crippen molar-refractivity contribution >= 4 is 45.9 Å². The van der Waals surface area contributed by atoms with Gasteiger partial charge in [0.1, 0.15) is 0 Å². The monoisotopic (exact) mass is 413 g/mol. The summed E-state index contributed by atoms with van der Waals surface area (Å²) in [5.74, 6) is -1.95. The largest absolute Gasteiger partial charge is 0.350 e. The van der Waals surface area contributed by atoms with Crippen molar-refractivity contribution in [1.29, 1.82) is 0 Å². The van der Waals surface area contributed by atoms with Gasteiger partial charge in [-0.3, -0.25) is 30.0 Å². The number of rotatable bonds is 6. The van der Waals surface area contributed by atoms with Gasteiger partial charge in [-0.05, 0) is 17.5 Å². The fourth-order valence-corrected chi connectivity index (χ4v) is 3.30. The van der Waals surface area contributed by atoms with E-state index in [-0.39, 0.29) is 19.0 Å². The molecule has 0 saturated carbocycles. The van der Waals surface area contributed by atoms with Crippen LogP contribution >= 0.6 is 11.3 Å². The van der Waals surface area contributed by atoms with E-state index in [0.717, 1.165) is 10.9 Å². The summed E-state index contributed by atoms with van der Waals surface area (Å²) in [6.07, 6.45) is 1.67. The number of benzene rings is 1. The Hall–Kier alpha value is -3.66. The van der Waals surface area contributed by atoms with Crippen LogP contribution in [0, 0.1) is 0 Å². The van der Waals surface area contributed by atoms with Crippen molar-refractivity contribution < 1.29 is 19.2 Å². The number of nitrogens with zero attached hydrogens (tertiary/aromatic N) is 1. The lowest BCUT2D eigenvalue weighted by molar-refractivity contribution is -0.125. The Morgan fingerprint density at radius 3 is 2.41 bits per heavy atom. The number of carbonyl (C=O) groups is 4. The van der Waals surface area contributed by atoms with Gasteiger partial charge in [0, 0.05) is 24.1 Å². The first kappa shape index (κ1) is 20.1. The second kappa shape index (κ2) is 9.02. The van der Waals surface area contributed by atoms with Crippen molar-refractivity contribution in [3.05, 3.63) is 58.4 Å². The Morgan fingerprint density at radius 1 is 0.897 bits per heavy atom. The van der Waals surface area contributed by atoms with Gasteiger partial charge >= 0.3 is 0 Å². The van der Waals surface area contributed by atoms with Crippen LogP contribution in [0.5, 0.6) is 0 Å². The van der Waals surface area contributed by atoms with Crippen LogP contribution < -0.4 is 21.5 Å². The molecular weight excluding hydrogens is 394 g/mol. The van der Waals surface area contributed by atoms with Gasteiger partial charge < -0.3 is 15.2 Å². The second-order valence-corrected chi connectivity index (χ2v) is 7.06. The van der Waals surface area contributed by atoms with Gasteiger partial charge in [-0.1, -0.05) is 24.3 Å². The molecule has 0 atom stereocenters. The summed E-state index contributed by atoms with van der Waals surface area (Å²) < 4.78 is 1.82. The molecule has 0 aliphatic rings. The van der Waals surface area contributed by atoms with Gasteiger partial charge in [-0.25, -0.2) is 0 Å². The zero-order valence-electron chi connectivity index (χ0n) is 15.5. The van der Waals surface area contributed by atoms with Crippen LogP contribution in [0.3, 0.4) is 0 Å². The van der Waals surface area contributed by atoms with Crippen LogP contribution in [-0.4, -0.2) is 41.3 Å². The first-order chi connectivity index (χ1) is 14.0. The van der Waals surface area contributed by atoms with Gasteiger partial charge in [-0.2, -0.15) is 0 Å². The Labute approximate surface area is 170 Å². The minimum Gasteiger partial charge on any atom is -0.350 e. The zero-order chi connectivity index (χ0) is 20.8. The first-order valence-electron chi connectivity index (χ1n) is 8.67.